The lowest BCUT2D eigenvalue weighted by atomic mass is 10.1. The molecule has 0 aliphatic rings. The molecule has 0 bridgehead atoms. The maximum atomic E-state index is 11.4. The third-order valence-electron chi connectivity index (χ3n) is 2.44. The summed E-state index contributed by atoms with van der Waals surface area (Å²) in [7, 11) is 3.52. The summed E-state index contributed by atoms with van der Waals surface area (Å²) in [4.78, 5) is 11.4. The van der Waals surface area contributed by atoms with E-state index in [1.165, 1.54) is 0 Å². The molecule has 1 N–H and O–H groups in total. The minimum atomic E-state index is -0.173. The largest absolute Gasteiger partial charge is 0.484 e. The van der Waals surface area contributed by atoms with Gasteiger partial charge in [-0.05, 0) is 22.9 Å². The topological polar surface area (TPSA) is 41.6 Å². The molecule has 0 aromatic heterocycles. The molecule has 2 aromatic carbocycles. The van der Waals surface area contributed by atoms with E-state index in [-0.39, 0.29) is 12.5 Å². The van der Waals surface area contributed by atoms with Crippen LogP contribution in [0.15, 0.2) is 42.5 Å². The summed E-state index contributed by atoms with van der Waals surface area (Å²) in [5.41, 5.74) is 2.62. The van der Waals surface area contributed by atoms with E-state index >= 15 is 0 Å². The number of hydrogen-bond acceptors (Lipinski definition) is 3. The van der Waals surface area contributed by atoms with Crippen molar-refractivity contribution in [1.82, 2.24) is 10.4 Å². The summed E-state index contributed by atoms with van der Waals surface area (Å²) in [6.07, 6.45) is 0. The molecule has 0 fully saturated rings. The minimum Gasteiger partial charge on any atom is -0.484 e. The van der Waals surface area contributed by atoms with Crippen LogP contribution >= 0.6 is 0 Å². The fourth-order valence-electron chi connectivity index (χ4n) is 1.69. The highest BCUT2D eigenvalue weighted by Gasteiger charge is 2.03. The Hall–Kier alpha value is -2.07. The molecule has 0 aliphatic carbocycles. The number of carbonyl (C=O) groups excluding carboxylic acids is 1. The van der Waals surface area contributed by atoms with Gasteiger partial charge in [-0.25, -0.2) is 5.01 Å². The van der Waals surface area contributed by atoms with Crippen molar-refractivity contribution in [3.05, 3.63) is 42.5 Å². The van der Waals surface area contributed by atoms with Gasteiger partial charge in [0.2, 0.25) is 0 Å². The molecule has 0 unspecified atom stereocenters. The third kappa shape index (κ3) is 3.21. The lowest BCUT2D eigenvalue weighted by molar-refractivity contribution is -0.126. The fourth-order valence-corrected chi connectivity index (χ4v) is 1.69. The van der Waals surface area contributed by atoms with Crippen LogP contribution in [0, 0.1) is 0 Å². The average Bonchev–Trinajstić information content (AvgIpc) is 2.35. The smallest absolute Gasteiger partial charge is 0.272 e. The highest BCUT2D eigenvalue weighted by Crippen LogP contribution is 2.20. The quantitative estimate of drug-likeness (QED) is 0.834. The highest BCUT2D eigenvalue weighted by molar-refractivity contribution is 5.84. The number of fused-ring (bicyclic) bond motifs is 1. The summed E-state index contributed by atoms with van der Waals surface area (Å²) >= 11 is 0. The molecule has 4 heteroatoms. The number of amides is 1. The minimum absolute atomic E-state index is 0.0104. The maximum Gasteiger partial charge on any atom is 0.272 e. The van der Waals surface area contributed by atoms with Gasteiger partial charge in [0.15, 0.2) is 6.61 Å². The second-order valence-electron chi connectivity index (χ2n) is 4.23. The van der Waals surface area contributed by atoms with E-state index in [4.69, 9.17) is 4.74 Å². The summed E-state index contributed by atoms with van der Waals surface area (Å²) in [5, 5.41) is 3.84. The van der Waals surface area contributed by atoms with Gasteiger partial charge in [-0.3, -0.25) is 10.2 Å². The predicted octanol–water partition coefficient (Wildman–Crippen LogP) is 1.81. The van der Waals surface area contributed by atoms with Crippen molar-refractivity contribution in [1.29, 1.82) is 0 Å². The molecular formula is C14H16N2O2. The first-order valence-electron chi connectivity index (χ1n) is 5.73. The molecule has 0 radical (unpaired) electrons. The molecule has 0 heterocycles. The van der Waals surface area contributed by atoms with E-state index in [2.05, 4.69) is 5.43 Å². The fraction of sp³-hybridized carbons (Fsp3) is 0.214. The molecule has 0 spiro atoms. The van der Waals surface area contributed by atoms with Crippen LogP contribution in [0.2, 0.25) is 0 Å². The lowest BCUT2D eigenvalue weighted by Gasteiger charge is -2.12. The number of ether oxygens (including phenoxy) is 1. The normalized spacial score (nSPS) is 10.6. The van der Waals surface area contributed by atoms with Crippen LogP contribution in [0.1, 0.15) is 0 Å². The van der Waals surface area contributed by atoms with Crippen molar-refractivity contribution in [2.24, 2.45) is 0 Å². The van der Waals surface area contributed by atoms with Gasteiger partial charge in [0.05, 0.1) is 0 Å². The SMILES string of the molecule is CN(C)NC(=O)COc1ccc2ccccc2c1. The Kier molecular flexibility index (Phi) is 3.79. The Labute approximate surface area is 106 Å². The third-order valence-corrected chi connectivity index (χ3v) is 2.44. The van der Waals surface area contributed by atoms with Crippen LogP contribution in [0.4, 0.5) is 0 Å². The first-order chi connectivity index (χ1) is 8.65. The van der Waals surface area contributed by atoms with Crippen LogP contribution in [-0.4, -0.2) is 31.6 Å². The Bertz CT molecular complexity index is 552. The van der Waals surface area contributed by atoms with Gasteiger partial charge >= 0.3 is 0 Å². The second-order valence-corrected chi connectivity index (χ2v) is 4.23. The van der Waals surface area contributed by atoms with E-state index in [9.17, 15) is 4.79 Å². The van der Waals surface area contributed by atoms with Crippen molar-refractivity contribution >= 4 is 16.7 Å². The molecule has 0 saturated heterocycles. The molecule has 0 aliphatic heterocycles. The summed E-state index contributed by atoms with van der Waals surface area (Å²) in [6.45, 7) is 0.0104. The maximum absolute atomic E-state index is 11.4. The van der Waals surface area contributed by atoms with Crippen LogP contribution in [0.5, 0.6) is 5.75 Å². The molecule has 1 amide bonds. The molecular weight excluding hydrogens is 228 g/mol. The van der Waals surface area contributed by atoms with Gasteiger partial charge in [-0.1, -0.05) is 30.3 Å². The summed E-state index contributed by atoms with van der Waals surface area (Å²) < 4.78 is 5.44. The number of nitrogens with zero attached hydrogens (tertiary/aromatic N) is 1. The van der Waals surface area contributed by atoms with E-state index in [1.54, 1.807) is 19.1 Å². The molecule has 0 atom stereocenters. The van der Waals surface area contributed by atoms with Crippen molar-refractivity contribution in [3.8, 4) is 5.75 Å². The van der Waals surface area contributed by atoms with Gasteiger partial charge in [-0.2, -0.15) is 0 Å². The van der Waals surface area contributed by atoms with Gasteiger partial charge in [0.25, 0.3) is 5.91 Å². The summed E-state index contributed by atoms with van der Waals surface area (Å²) in [6, 6.07) is 13.8. The highest BCUT2D eigenvalue weighted by atomic mass is 16.5. The number of nitrogens with one attached hydrogen (secondary N) is 1. The monoisotopic (exact) mass is 244 g/mol. The zero-order valence-electron chi connectivity index (χ0n) is 10.5. The van der Waals surface area contributed by atoms with Crippen LogP contribution in [0.25, 0.3) is 10.8 Å². The van der Waals surface area contributed by atoms with E-state index in [1.807, 2.05) is 42.5 Å². The number of hydrazine groups is 1. The molecule has 2 aromatic rings. The first-order valence-corrected chi connectivity index (χ1v) is 5.73. The second kappa shape index (κ2) is 5.51. The van der Waals surface area contributed by atoms with Crippen LogP contribution in [-0.2, 0) is 4.79 Å². The van der Waals surface area contributed by atoms with Crippen LogP contribution in [0.3, 0.4) is 0 Å². The van der Waals surface area contributed by atoms with Crippen molar-refractivity contribution in [3.63, 3.8) is 0 Å². The van der Waals surface area contributed by atoms with Crippen molar-refractivity contribution in [2.45, 2.75) is 0 Å². The Balaban J connectivity index is 2.01. The van der Waals surface area contributed by atoms with Crippen LogP contribution < -0.4 is 10.2 Å². The van der Waals surface area contributed by atoms with E-state index < -0.39 is 0 Å². The molecule has 4 nitrogen and oxygen atoms in total. The van der Waals surface area contributed by atoms with E-state index in [0.717, 1.165) is 10.8 Å². The number of rotatable bonds is 4. The van der Waals surface area contributed by atoms with Crippen molar-refractivity contribution < 1.29 is 9.53 Å². The number of carbonyl (C=O) groups is 1. The average molecular weight is 244 g/mol. The predicted molar refractivity (Wildman–Crippen MR) is 71.3 cm³/mol. The standard InChI is InChI=1S/C14H16N2O2/c1-16(2)15-14(17)10-18-13-8-7-11-5-3-4-6-12(11)9-13/h3-9H,10H2,1-2H3,(H,15,17). The van der Waals surface area contributed by atoms with Gasteiger partial charge in [0.1, 0.15) is 5.75 Å². The number of hydrogen-bond donors (Lipinski definition) is 1. The Morgan fingerprint density at radius 3 is 2.61 bits per heavy atom. The lowest BCUT2D eigenvalue weighted by Crippen LogP contribution is -2.39. The van der Waals surface area contributed by atoms with Gasteiger partial charge in [-0.15, -0.1) is 0 Å². The molecule has 18 heavy (non-hydrogen) atoms. The molecule has 94 valence electrons. The Morgan fingerprint density at radius 2 is 1.89 bits per heavy atom. The summed E-state index contributed by atoms with van der Waals surface area (Å²) in [5.74, 6) is 0.524. The molecule has 2 rings (SSSR count). The van der Waals surface area contributed by atoms with Gasteiger partial charge in [0, 0.05) is 14.1 Å². The molecule has 0 saturated carbocycles. The van der Waals surface area contributed by atoms with E-state index in [0.29, 0.717) is 5.75 Å². The first kappa shape index (κ1) is 12.4. The Morgan fingerprint density at radius 1 is 1.17 bits per heavy atom. The van der Waals surface area contributed by atoms with Crippen molar-refractivity contribution in [2.75, 3.05) is 20.7 Å². The van der Waals surface area contributed by atoms with Gasteiger partial charge < -0.3 is 4.74 Å². The zero-order chi connectivity index (χ0) is 13.0. The number of benzene rings is 2. The zero-order valence-corrected chi connectivity index (χ0v) is 10.5.